The highest BCUT2D eigenvalue weighted by atomic mass is 79.9. The second kappa shape index (κ2) is 4.69. The molecule has 2 aromatic rings. The number of hydrogen-bond acceptors (Lipinski definition) is 3. The van der Waals surface area contributed by atoms with Crippen LogP contribution >= 0.6 is 38.9 Å². The van der Waals surface area contributed by atoms with Gasteiger partial charge in [-0.25, -0.2) is 4.98 Å². The molecule has 3 nitrogen and oxygen atoms in total. The molecule has 0 bridgehead atoms. The number of fused-ring (bicyclic) bond motifs is 1. The zero-order chi connectivity index (χ0) is 11.7. The van der Waals surface area contributed by atoms with Crippen LogP contribution < -0.4 is 5.32 Å². The van der Waals surface area contributed by atoms with Crippen molar-refractivity contribution in [1.82, 2.24) is 4.98 Å². The smallest absolute Gasteiger partial charge is 0.241 e. The number of alkyl halides is 1. The number of aryl methyl sites for hydroxylation is 1. The summed E-state index contributed by atoms with van der Waals surface area (Å²) in [5, 5.41) is 3.23. The molecule has 0 radical (unpaired) electrons. The van der Waals surface area contributed by atoms with E-state index < -0.39 is 0 Å². The van der Waals surface area contributed by atoms with Gasteiger partial charge in [-0.3, -0.25) is 4.79 Å². The van der Waals surface area contributed by atoms with Gasteiger partial charge in [0, 0.05) is 4.47 Å². The Morgan fingerprint density at radius 2 is 2.38 bits per heavy atom. The molecule has 0 unspecified atom stereocenters. The Bertz CT molecular complexity index is 555. The third-order valence-corrected chi connectivity index (χ3v) is 3.64. The van der Waals surface area contributed by atoms with E-state index in [-0.39, 0.29) is 11.8 Å². The van der Waals surface area contributed by atoms with E-state index >= 15 is 0 Å². The van der Waals surface area contributed by atoms with Gasteiger partial charge >= 0.3 is 0 Å². The average Bonchev–Trinajstić information content (AvgIpc) is 2.60. The lowest BCUT2D eigenvalue weighted by Gasteiger charge is -1.95. The van der Waals surface area contributed by atoms with E-state index in [4.69, 9.17) is 11.6 Å². The largest absolute Gasteiger partial charge is 0.301 e. The standard InChI is InChI=1S/C10H8BrClN2OS/c1-5-2-6(11)3-7-9(5)14-10(16-7)13-8(15)4-12/h2-3H,4H2,1H3,(H,13,14,15). The predicted octanol–water partition coefficient (Wildman–Crippen LogP) is 3.54. The highest BCUT2D eigenvalue weighted by Crippen LogP contribution is 2.30. The van der Waals surface area contributed by atoms with E-state index in [0.717, 1.165) is 20.3 Å². The first-order valence-electron chi connectivity index (χ1n) is 4.52. The molecule has 2 rings (SSSR count). The van der Waals surface area contributed by atoms with Crippen molar-refractivity contribution in [3.63, 3.8) is 0 Å². The van der Waals surface area contributed by atoms with E-state index in [9.17, 15) is 4.79 Å². The molecular formula is C10H8BrClN2OS. The van der Waals surface area contributed by atoms with Crippen LogP contribution in [0, 0.1) is 6.92 Å². The minimum atomic E-state index is -0.238. The Balaban J connectivity index is 2.44. The van der Waals surface area contributed by atoms with Gasteiger partial charge in [0.2, 0.25) is 5.91 Å². The second-order valence-electron chi connectivity index (χ2n) is 3.27. The molecule has 0 saturated carbocycles. The first-order valence-corrected chi connectivity index (χ1v) is 6.67. The molecule has 1 heterocycles. The summed E-state index contributed by atoms with van der Waals surface area (Å²) in [5.41, 5.74) is 1.99. The average molecular weight is 320 g/mol. The lowest BCUT2D eigenvalue weighted by molar-refractivity contribution is -0.113. The molecular weight excluding hydrogens is 312 g/mol. The van der Waals surface area contributed by atoms with Crippen molar-refractivity contribution < 1.29 is 4.79 Å². The van der Waals surface area contributed by atoms with Crippen LogP contribution in [0.4, 0.5) is 5.13 Å². The predicted molar refractivity (Wildman–Crippen MR) is 71.4 cm³/mol. The van der Waals surface area contributed by atoms with Gasteiger partial charge in [0.25, 0.3) is 0 Å². The third-order valence-electron chi connectivity index (χ3n) is 2.02. The molecule has 84 valence electrons. The van der Waals surface area contributed by atoms with Crippen LogP contribution in [0.15, 0.2) is 16.6 Å². The van der Waals surface area contributed by atoms with Gasteiger partial charge < -0.3 is 5.32 Å². The van der Waals surface area contributed by atoms with Crippen molar-refractivity contribution in [2.45, 2.75) is 6.92 Å². The van der Waals surface area contributed by atoms with Crippen LogP contribution in [-0.2, 0) is 4.79 Å². The van der Waals surface area contributed by atoms with E-state index in [0.29, 0.717) is 5.13 Å². The SMILES string of the molecule is Cc1cc(Br)cc2sc(NC(=O)CCl)nc12. The van der Waals surface area contributed by atoms with Gasteiger partial charge in [0.05, 0.1) is 10.2 Å². The van der Waals surface area contributed by atoms with Gasteiger partial charge in [-0.2, -0.15) is 0 Å². The number of rotatable bonds is 2. The molecule has 1 N–H and O–H groups in total. The Morgan fingerprint density at radius 3 is 3.06 bits per heavy atom. The van der Waals surface area contributed by atoms with Gasteiger partial charge in [0.15, 0.2) is 5.13 Å². The summed E-state index contributed by atoms with van der Waals surface area (Å²) in [6.07, 6.45) is 0. The lowest BCUT2D eigenvalue weighted by Crippen LogP contribution is -2.11. The molecule has 0 atom stereocenters. The first-order chi connectivity index (χ1) is 7.60. The molecule has 0 fully saturated rings. The van der Waals surface area contributed by atoms with Crippen LogP contribution in [0.2, 0.25) is 0 Å². The number of nitrogens with one attached hydrogen (secondary N) is 1. The van der Waals surface area contributed by atoms with E-state index in [2.05, 4.69) is 26.2 Å². The molecule has 6 heteroatoms. The summed E-state index contributed by atoms with van der Waals surface area (Å²) in [7, 11) is 0. The molecule has 0 saturated heterocycles. The molecule has 1 aromatic carbocycles. The maximum Gasteiger partial charge on any atom is 0.241 e. The summed E-state index contributed by atoms with van der Waals surface area (Å²) >= 11 is 10.3. The number of benzene rings is 1. The third kappa shape index (κ3) is 2.36. The molecule has 0 spiro atoms. The number of amides is 1. The maximum absolute atomic E-state index is 11.1. The molecule has 1 amide bonds. The van der Waals surface area contributed by atoms with E-state index in [1.165, 1.54) is 11.3 Å². The minimum absolute atomic E-state index is 0.0569. The highest BCUT2D eigenvalue weighted by molar-refractivity contribution is 9.10. The Hall–Kier alpha value is -0.650. The van der Waals surface area contributed by atoms with E-state index in [1.54, 1.807) is 0 Å². The number of carbonyl (C=O) groups is 1. The van der Waals surface area contributed by atoms with Crippen LogP contribution in [0.3, 0.4) is 0 Å². The van der Waals surface area contributed by atoms with Crippen molar-refractivity contribution in [2.24, 2.45) is 0 Å². The molecule has 0 aliphatic heterocycles. The Morgan fingerprint density at radius 1 is 1.62 bits per heavy atom. The summed E-state index contributed by atoms with van der Waals surface area (Å²) in [4.78, 5) is 15.5. The second-order valence-corrected chi connectivity index (χ2v) is 5.48. The highest BCUT2D eigenvalue weighted by Gasteiger charge is 2.09. The fraction of sp³-hybridized carbons (Fsp3) is 0.200. The van der Waals surface area contributed by atoms with Crippen LogP contribution in [0.1, 0.15) is 5.56 Å². The first kappa shape index (κ1) is 11.8. The lowest BCUT2D eigenvalue weighted by atomic mass is 10.2. The topological polar surface area (TPSA) is 42.0 Å². The number of anilines is 1. The number of nitrogens with zero attached hydrogens (tertiary/aromatic N) is 1. The van der Waals surface area contributed by atoms with Gasteiger partial charge in [-0.1, -0.05) is 27.3 Å². The Labute approximate surface area is 110 Å². The maximum atomic E-state index is 11.1. The summed E-state index contributed by atoms with van der Waals surface area (Å²) < 4.78 is 2.05. The monoisotopic (exact) mass is 318 g/mol. The van der Waals surface area contributed by atoms with Crippen LogP contribution in [0.5, 0.6) is 0 Å². The quantitative estimate of drug-likeness (QED) is 0.860. The normalized spacial score (nSPS) is 10.7. The van der Waals surface area contributed by atoms with Crippen LogP contribution in [-0.4, -0.2) is 16.8 Å². The minimum Gasteiger partial charge on any atom is -0.301 e. The molecule has 1 aromatic heterocycles. The fourth-order valence-corrected chi connectivity index (χ4v) is 3.15. The van der Waals surface area contributed by atoms with Crippen molar-refractivity contribution in [2.75, 3.05) is 11.2 Å². The van der Waals surface area contributed by atoms with Crippen molar-refractivity contribution in [1.29, 1.82) is 0 Å². The van der Waals surface area contributed by atoms with Gasteiger partial charge in [-0.05, 0) is 24.6 Å². The van der Waals surface area contributed by atoms with Crippen LogP contribution in [0.25, 0.3) is 10.2 Å². The number of carbonyl (C=O) groups excluding carboxylic acids is 1. The zero-order valence-electron chi connectivity index (χ0n) is 8.38. The number of aromatic nitrogens is 1. The number of halogens is 2. The fourth-order valence-electron chi connectivity index (χ4n) is 1.36. The van der Waals surface area contributed by atoms with Crippen molar-refractivity contribution in [3.8, 4) is 0 Å². The molecule has 0 aliphatic rings. The summed E-state index contributed by atoms with van der Waals surface area (Å²) in [6.45, 7) is 1.99. The summed E-state index contributed by atoms with van der Waals surface area (Å²) in [5.74, 6) is -0.295. The van der Waals surface area contributed by atoms with Gasteiger partial charge in [-0.15, -0.1) is 11.6 Å². The summed E-state index contributed by atoms with van der Waals surface area (Å²) in [6, 6.07) is 3.98. The molecule has 0 aliphatic carbocycles. The van der Waals surface area contributed by atoms with Crippen molar-refractivity contribution in [3.05, 3.63) is 22.2 Å². The van der Waals surface area contributed by atoms with Gasteiger partial charge in [0.1, 0.15) is 5.88 Å². The number of hydrogen-bond donors (Lipinski definition) is 1. The number of thiazole rings is 1. The Kier molecular flexibility index (Phi) is 3.47. The van der Waals surface area contributed by atoms with E-state index in [1.807, 2.05) is 19.1 Å². The zero-order valence-corrected chi connectivity index (χ0v) is 11.5. The molecule has 16 heavy (non-hydrogen) atoms. The van der Waals surface area contributed by atoms with Crippen molar-refractivity contribution >= 4 is 60.1 Å².